The van der Waals surface area contributed by atoms with Gasteiger partial charge in [0.25, 0.3) is 0 Å². The van der Waals surface area contributed by atoms with E-state index in [2.05, 4.69) is 24.3 Å². The van der Waals surface area contributed by atoms with Crippen LogP contribution in [0.15, 0.2) is 52.9 Å². The van der Waals surface area contributed by atoms with Gasteiger partial charge in [0.2, 0.25) is 5.13 Å². The first-order valence-electron chi connectivity index (χ1n) is 7.91. The quantitative estimate of drug-likeness (QED) is 0.394. The fourth-order valence-corrected chi connectivity index (χ4v) is 3.46. The van der Waals surface area contributed by atoms with Crippen molar-refractivity contribution in [3.8, 4) is 5.75 Å². The Hall–Kier alpha value is -2.84. The summed E-state index contributed by atoms with van der Waals surface area (Å²) < 4.78 is 14.3. The largest absolute Gasteiger partial charge is 0.489 e. The Labute approximate surface area is 158 Å². The average molecular weight is 381 g/mol. The molecule has 0 bridgehead atoms. The average Bonchev–Trinajstić information content (AvgIpc) is 3.29. The number of ether oxygens (including phenoxy) is 1. The van der Waals surface area contributed by atoms with Crippen LogP contribution in [0.4, 0.5) is 5.13 Å². The third kappa shape index (κ3) is 4.04. The highest BCUT2D eigenvalue weighted by molar-refractivity contribution is 7.13. The maximum Gasteiger partial charge on any atom is 0.203 e. The zero-order valence-electron chi connectivity index (χ0n) is 13.9. The molecule has 0 radical (unpaired) electrons. The molecule has 0 amide bonds. The van der Waals surface area contributed by atoms with Gasteiger partial charge < -0.3 is 4.74 Å². The van der Waals surface area contributed by atoms with Crippen LogP contribution in [0.2, 0.25) is 0 Å². The van der Waals surface area contributed by atoms with Crippen LogP contribution >= 0.6 is 23.1 Å². The number of aryl methyl sites for hydroxylation is 1. The van der Waals surface area contributed by atoms with Gasteiger partial charge in [-0.3, -0.25) is 5.43 Å². The first-order valence-corrected chi connectivity index (χ1v) is 9.52. The Morgan fingerprint density at radius 3 is 2.77 bits per heavy atom. The van der Waals surface area contributed by atoms with Gasteiger partial charge in [-0.1, -0.05) is 6.07 Å². The molecule has 0 saturated heterocycles. The van der Waals surface area contributed by atoms with E-state index in [1.165, 1.54) is 23.1 Å². The van der Waals surface area contributed by atoms with E-state index in [0.29, 0.717) is 6.61 Å². The van der Waals surface area contributed by atoms with E-state index in [-0.39, 0.29) is 0 Å². The van der Waals surface area contributed by atoms with Crippen LogP contribution in [-0.4, -0.2) is 19.9 Å². The van der Waals surface area contributed by atoms with E-state index < -0.39 is 0 Å². The maximum absolute atomic E-state index is 5.84. The number of anilines is 1. The Balaban J connectivity index is 1.33. The van der Waals surface area contributed by atoms with Crippen LogP contribution in [0.25, 0.3) is 11.0 Å². The lowest BCUT2D eigenvalue weighted by Gasteiger charge is -2.06. The molecule has 2 heterocycles. The van der Waals surface area contributed by atoms with Crippen molar-refractivity contribution in [3.63, 3.8) is 0 Å². The smallest absolute Gasteiger partial charge is 0.203 e. The molecule has 0 aliphatic rings. The minimum Gasteiger partial charge on any atom is -0.489 e. The predicted molar refractivity (Wildman–Crippen MR) is 106 cm³/mol. The third-order valence-corrected chi connectivity index (χ3v) is 5.02. The minimum absolute atomic E-state index is 0.492. The highest BCUT2D eigenvalue weighted by atomic mass is 32.1. The second kappa shape index (κ2) is 7.59. The molecule has 4 aromatic rings. The molecule has 2 aromatic heterocycles. The Morgan fingerprint density at radius 2 is 1.96 bits per heavy atom. The molecule has 26 heavy (non-hydrogen) atoms. The van der Waals surface area contributed by atoms with Crippen LogP contribution in [-0.2, 0) is 6.61 Å². The van der Waals surface area contributed by atoms with Crippen molar-refractivity contribution in [2.75, 3.05) is 5.43 Å². The van der Waals surface area contributed by atoms with Crippen molar-refractivity contribution in [1.29, 1.82) is 0 Å². The number of fused-ring (bicyclic) bond motifs is 1. The first-order chi connectivity index (χ1) is 12.8. The first kappa shape index (κ1) is 16.6. The molecule has 0 aliphatic heterocycles. The molecule has 0 spiro atoms. The molecule has 2 aromatic carbocycles. The fourth-order valence-electron chi connectivity index (χ4n) is 2.30. The molecule has 0 atom stereocenters. The van der Waals surface area contributed by atoms with Crippen LogP contribution in [0, 0.1) is 6.92 Å². The molecule has 0 saturated carbocycles. The highest BCUT2D eigenvalue weighted by Crippen LogP contribution is 2.17. The van der Waals surface area contributed by atoms with Crippen LogP contribution in [0.1, 0.15) is 16.8 Å². The van der Waals surface area contributed by atoms with Crippen molar-refractivity contribution >= 4 is 45.4 Å². The van der Waals surface area contributed by atoms with Gasteiger partial charge >= 0.3 is 0 Å². The van der Waals surface area contributed by atoms with Crippen molar-refractivity contribution < 1.29 is 4.74 Å². The van der Waals surface area contributed by atoms with Gasteiger partial charge in [0, 0.05) is 5.38 Å². The van der Waals surface area contributed by atoms with Gasteiger partial charge in [-0.25, -0.2) is 4.98 Å². The van der Waals surface area contributed by atoms with Crippen molar-refractivity contribution in [3.05, 3.63) is 64.7 Å². The predicted octanol–water partition coefficient (Wildman–Crippen LogP) is 4.48. The third-order valence-electron chi connectivity index (χ3n) is 3.60. The monoisotopic (exact) mass is 381 g/mol. The van der Waals surface area contributed by atoms with E-state index in [1.807, 2.05) is 54.8 Å². The molecule has 0 unspecified atom stereocenters. The van der Waals surface area contributed by atoms with Crippen LogP contribution in [0.3, 0.4) is 0 Å². The topological polar surface area (TPSA) is 72.3 Å². The number of benzene rings is 2. The Kier molecular flexibility index (Phi) is 4.85. The fraction of sp³-hybridized carbons (Fsp3) is 0.111. The molecule has 1 N–H and O–H groups in total. The van der Waals surface area contributed by atoms with E-state index in [0.717, 1.165) is 38.7 Å². The number of nitrogens with zero attached hydrogens (tertiary/aromatic N) is 4. The summed E-state index contributed by atoms with van der Waals surface area (Å²) in [5.74, 6) is 0.808. The summed E-state index contributed by atoms with van der Waals surface area (Å²) >= 11 is 2.75. The lowest BCUT2D eigenvalue weighted by atomic mass is 10.2. The summed E-state index contributed by atoms with van der Waals surface area (Å²) in [5, 5.41) is 6.95. The van der Waals surface area contributed by atoms with Crippen molar-refractivity contribution in [2.24, 2.45) is 5.10 Å². The lowest BCUT2D eigenvalue weighted by Crippen LogP contribution is -1.96. The molecular weight excluding hydrogens is 366 g/mol. The summed E-state index contributed by atoms with van der Waals surface area (Å²) in [6.45, 7) is 2.45. The summed E-state index contributed by atoms with van der Waals surface area (Å²) in [7, 11) is 0. The van der Waals surface area contributed by atoms with Crippen LogP contribution < -0.4 is 10.2 Å². The molecule has 6 nitrogen and oxygen atoms in total. The van der Waals surface area contributed by atoms with Gasteiger partial charge in [0.15, 0.2) is 0 Å². The van der Waals surface area contributed by atoms with Gasteiger partial charge in [-0.15, -0.1) is 11.3 Å². The molecular formula is C18H15N5OS2. The van der Waals surface area contributed by atoms with E-state index in [4.69, 9.17) is 4.74 Å². The Morgan fingerprint density at radius 1 is 1.12 bits per heavy atom. The maximum atomic E-state index is 5.84. The summed E-state index contributed by atoms with van der Waals surface area (Å²) in [5.41, 5.74) is 7.78. The SMILES string of the molecule is Cc1csc(NN=Cc2ccc(OCc3ccc4nsnc4c3)cc2)n1. The minimum atomic E-state index is 0.492. The number of hydrogen-bond acceptors (Lipinski definition) is 8. The zero-order valence-corrected chi connectivity index (χ0v) is 15.5. The van der Waals surface area contributed by atoms with Gasteiger partial charge in [0.1, 0.15) is 23.4 Å². The van der Waals surface area contributed by atoms with Crippen molar-refractivity contribution in [1.82, 2.24) is 13.7 Å². The van der Waals surface area contributed by atoms with E-state index in [9.17, 15) is 0 Å². The second-order valence-corrected chi connectivity index (χ2v) is 7.00. The molecule has 0 fully saturated rings. The zero-order chi connectivity index (χ0) is 17.8. The number of rotatable bonds is 6. The molecule has 8 heteroatoms. The summed E-state index contributed by atoms with van der Waals surface area (Å²) in [4.78, 5) is 4.29. The van der Waals surface area contributed by atoms with Gasteiger partial charge in [0.05, 0.1) is 23.6 Å². The standard InChI is InChI=1S/C18H15N5OS2/c1-12-11-25-18(20-12)21-19-9-13-2-5-15(6-3-13)24-10-14-4-7-16-17(8-14)23-26-22-16/h2-9,11H,10H2,1H3,(H,20,21). The van der Waals surface area contributed by atoms with Gasteiger partial charge in [-0.2, -0.15) is 13.8 Å². The number of thiazole rings is 1. The number of hydrogen-bond donors (Lipinski definition) is 1. The second-order valence-electron chi connectivity index (χ2n) is 5.61. The number of hydrazone groups is 1. The summed E-state index contributed by atoms with van der Waals surface area (Å²) in [6.07, 6.45) is 1.75. The van der Waals surface area contributed by atoms with Crippen LogP contribution in [0.5, 0.6) is 5.75 Å². The van der Waals surface area contributed by atoms with E-state index >= 15 is 0 Å². The van der Waals surface area contributed by atoms with E-state index in [1.54, 1.807) is 6.21 Å². The molecule has 0 aliphatic carbocycles. The Bertz CT molecular complexity index is 1040. The van der Waals surface area contributed by atoms with Crippen molar-refractivity contribution in [2.45, 2.75) is 13.5 Å². The number of aromatic nitrogens is 3. The highest BCUT2D eigenvalue weighted by Gasteiger charge is 2.02. The molecule has 130 valence electrons. The normalized spacial score (nSPS) is 11.3. The van der Waals surface area contributed by atoms with Gasteiger partial charge in [-0.05, 0) is 54.4 Å². The summed E-state index contributed by atoms with van der Waals surface area (Å²) in [6, 6.07) is 13.8. The molecule has 4 rings (SSSR count). The lowest BCUT2D eigenvalue weighted by molar-refractivity contribution is 0.306. The number of nitrogens with one attached hydrogen (secondary N) is 1.